The number of rotatable bonds is 3. The van der Waals surface area contributed by atoms with Gasteiger partial charge in [0.15, 0.2) is 0 Å². The number of methoxy groups -OCH3 is 1. The molecule has 0 saturated carbocycles. The third kappa shape index (κ3) is 2.86. The third-order valence-electron chi connectivity index (χ3n) is 3.96. The summed E-state index contributed by atoms with van der Waals surface area (Å²) in [6.45, 7) is 6.31. The monoisotopic (exact) mass is 312 g/mol. The van der Waals surface area contributed by atoms with Crippen LogP contribution in [0.15, 0.2) is 57.8 Å². The van der Waals surface area contributed by atoms with Crippen molar-refractivity contribution in [2.45, 2.75) is 36.2 Å². The van der Waals surface area contributed by atoms with Crippen molar-refractivity contribution < 1.29 is 9.47 Å². The van der Waals surface area contributed by atoms with E-state index in [1.807, 2.05) is 18.2 Å². The lowest BCUT2D eigenvalue weighted by atomic mass is 9.94. The second-order valence-corrected chi connectivity index (χ2v) is 7.01. The van der Waals surface area contributed by atoms with Gasteiger partial charge in [-0.25, -0.2) is 0 Å². The Hall–Kier alpha value is -1.87. The van der Waals surface area contributed by atoms with Crippen LogP contribution in [0.1, 0.15) is 26.3 Å². The van der Waals surface area contributed by atoms with Gasteiger partial charge in [-0.3, -0.25) is 0 Å². The SMILES string of the molecule is COc1ccccc1Sc1ccc2c(c1)C=C(C)C(C)(C)O2. The third-order valence-corrected chi connectivity index (χ3v) is 5.01. The van der Waals surface area contributed by atoms with Crippen molar-refractivity contribution in [1.29, 1.82) is 0 Å². The van der Waals surface area contributed by atoms with Gasteiger partial charge in [-0.2, -0.15) is 0 Å². The van der Waals surface area contributed by atoms with E-state index in [1.165, 1.54) is 10.5 Å². The van der Waals surface area contributed by atoms with Gasteiger partial charge in [-0.1, -0.05) is 23.9 Å². The van der Waals surface area contributed by atoms with E-state index in [0.717, 1.165) is 22.0 Å². The van der Waals surface area contributed by atoms with Gasteiger partial charge >= 0.3 is 0 Å². The van der Waals surface area contributed by atoms with E-state index >= 15 is 0 Å². The van der Waals surface area contributed by atoms with Crippen molar-refractivity contribution in [3.05, 3.63) is 53.6 Å². The fourth-order valence-electron chi connectivity index (χ4n) is 2.39. The lowest BCUT2D eigenvalue weighted by Gasteiger charge is -2.32. The lowest BCUT2D eigenvalue weighted by Crippen LogP contribution is -2.31. The van der Waals surface area contributed by atoms with Crippen LogP contribution in [-0.4, -0.2) is 12.7 Å². The Morgan fingerprint density at radius 1 is 1.09 bits per heavy atom. The molecule has 1 heterocycles. The number of hydrogen-bond donors (Lipinski definition) is 0. The zero-order valence-electron chi connectivity index (χ0n) is 13.3. The molecule has 0 aliphatic carbocycles. The molecule has 0 aromatic heterocycles. The van der Waals surface area contributed by atoms with Crippen molar-refractivity contribution in [3.63, 3.8) is 0 Å². The highest BCUT2D eigenvalue weighted by molar-refractivity contribution is 7.99. The molecule has 2 aromatic rings. The average Bonchev–Trinajstić information content (AvgIpc) is 2.49. The van der Waals surface area contributed by atoms with Crippen LogP contribution >= 0.6 is 11.8 Å². The van der Waals surface area contributed by atoms with Crippen LogP contribution < -0.4 is 9.47 Å². The van der Waals surface area contributed by atoms with Crippen molar-refractivity contribution in [1.82, 2.24) is 0 Å². The summed E-state index contributed by atoms with van der Waals surface area (Å²) in [6.07, 6.45) is 2.21. The minimum Gasteiger partial charge on any atom is -0.496 e. The first kappa shape index (κ1) is 15.0. The molecular formula is C19H20O2S. The van der Waals surface area contributed by atoms with Gasteiger partial charge in [0.25, 0.3) is 0 Å². The number of fused-ring (bicyclic) bond motifs is 1. The molecule has 0 unspecified atom stereocenters. The molecule has 0 amide bonds. The first-order chi connectivity index (χ1) is 10.5. The summed E-state index contributed by atoms with van der Waals surface area (Å²) < 4.78 is 11.5. The molecule has 1 aliphatic rings. The normalized spacial score (nSPS) is 15.5. The predicted molar refractivity (Wildman–Crippen MR) is 91.9 cm³/mol. The Kier molecular flexibility index (Phi) is 3.92. The minimum absolute atomic E-state index is 0.232. The van der Waals surface area contributed by atoms with E-state index in [-0.39, 0.29) is 5.60 Å². The molecule has 0 spiro atoms. The molecule has 2 nitrogen and oxygen atoms in total. The highest BCUT2D eigenvalue weighted by Crippen LogP contribution is 2.40. The van der Waals surface area contributed by atoms with E-state index in [1.54, 1.807) is 18.9 Å². The summed E-state index contributed by atoms with van der Waals surface area (Å²) >= 11 is 1.70. The molecule has 0 radical (unpaired) electrons. The summed E-state index contributed by atoms with van der Waals surface area (Å²) in [5, 5.41) is 0. The second kappa shape index (κ2) is 5.73. The fourth-order valence-corrected chi connectivity index (χ4v) is 3.36. The van der Waals surface area contributed by atoms with E-state index in [0.29, 0.717) is 0 Å². The molecule has 22 heavy (non-hydrogen) atoms. The zero-order valence-corrected chi connectivity index (χ0v) is 14.2. The van der Waals surface area contributed by atoms with E-state index in [4.69, 9.17) is 9.47 Å². The maximum atomic E-state index is 6.08. The molecule has 0 atom stereocenters. The summed E-state index contributed by atoms with van der Waals surface area (Å²) in [6, 6.07) is 14.4. The van der Waals surface area contributed by atoms with E-state index < -0.39 is 0 Å². The van der Waals surface area contributed by atoms with Crippen molar-refractivity contribution in [2.24, 2.45) is 0 Å². The highest BCUT2D eigenvalue weighted by Gasteiger charge is 2.27. The first-order valence-electron chi connectivity index (χ1n) is 7.32. The largest absolute Gasteiger partial charge is 0.496 e. The standard InChI is InChI=1S/C19H20O2S/c1-13-11-14-12-15(9-10-16(14)21-19(13,2)3)22-18-8-6-5-7-17(18)20-4/h5-12H,1-4H3. The molecule has 0 N–H and O–H groups in total. The van der Waals surface area contributed by atoms with E-state index in [2.05, 4.69) is 51.1 Å². The molecular weight excluding hydrogens is 292 g/mol. The maximum absolute atomic E-state index is 6.08. The average molecular weight is 312 g/mol. The van der Waals surface area contributed by atoms with Gasteiger partial charge in [-0.15, -0.1) is 0 Å². The Labute approximate surface area is 136 Å². The molecule has 0 saturated heterocycles. The Balaban J connectivity index is 1.92. The van der Waals surface area contributed by atoms with E-state index in [9.17, 15) is 0 Å². The summed E-state index contributed by atoms with van der Waals surface area (Å²) in [5.74, 6) is 1.84. The Bertz CT molecular complexity index is 732. The molecule has 3 rings (SSSR count). The second-order valence-electron chi connectivity index (χ2n) is 5.89. The van der Waals surface area contributed by atoms with Crippen molar-refractivity contribution in [3.8, 4) is 11.5 Å². The quantitative estimate of drug-likeness (QED) is 0.754. The summed E-state index contributed by atoms with van der Waals surface area (Å²) in [7, 11) is 1.70. The van der Waals surface area contributed by atoms with Gasteiger partial charge in [-0.05, 0) is 62.8 Å². The predicted octanol–water partition coefficient (Wildman–Crippen LogP) is 5.42. The van der Waals surface area contributed by atoms with Crippen LogP contribution in [0.2, 0.25) is 0 Å². The van der Waals surface area contributed by atoms with Gasteiger partial charge < -0.3 is 9.47 Å². The lowest BCUT2D eigenvalue weighted by molar-refractivity contribution is 0.145. The fraction of sp³-hybridized carbons (Fsp3) is 0.263. The number of benzene rings is 2. The van der Waals surface area contributed by atoms with Gasteiger partial charge in [0.1, 0.15) is 17.1 Å². The van der Waals surface area contributed by atoms with Gasteiger partial charge in [0.05, 0.1) is 12.0 Å². The maximum Gasteiger partial charge on any atom is 0.132 e. The van der Waals surface area contributed by atoms with Crippen LogP contribution in [-0.2, 0) is 0 Å². The topological polar surface area (TPSA) is 18.5 Å². The van der Waals surface area contributed by atoms with Crippen molar-refractivity contribution in [2.75, 3.05) is 7.11 Å². The van der Waals surface area contributed by atoms with Crippen molar-refractivity contribution >= 4 is 17.8 Å². The van der Waals surface area contributed by atoms with Crippen LogP contribution in [0.4, 0.5) is 0 Å². The molecule has 2 aromatic carbocycles. The number of para-hydroxylation sites is 1. The van der Waals surface area contributed by atoms with Crippen LogP contribution in [0.5, 0.6) is 11.5 Å². The molecule has 114 valence electrons. The van der Waals surface area contributed by atoms with Gasteiger partial charge in [0, 0.05) is 10.5 Å². The van der Waals surface area contributed by atoms with Crippen LogP contribution in [0.3, 0.4) is 0 Å². The Morgan fingerprint density at radius 2 is 1.86 bits per heavy atom. The summed E-state index contributed by atoms with van der Waals surface area (Å²) in [4.78, 5) is 2.29. The smallest absolute Gasteiger partial charge is 0.132 e. The number of ether oxygens (including phenoxy) is 2. The minimum atomic E-state index is -0.232. The first-order valence-corrected chi connectivity index (χ1v) is 8.14. The summed E-state index contributed by atoms with van der Waals surface area (Å²) in [5.41, 5.74) is 2.14. The molecule has 3 heteroatoms. The molecule has 0 fully saturated rings. The van der Waals surface area contributed by atoms with Gasteiger partial charge in [0.2, 0.25) is 0 Å². The highest BCUT2D eigenvalue weighted by atomic mass is 32.2. The molecule has 0 bridgehead atoms. The zero-order chi connectivity index (χ0) is 15.7. The molecule has 1 aliphatic heterocycles. The number of hydrogen-bond acceptors (Lipinski definition) is 3. The van der Waals surface area contributed by atoms with Crippen LogP contribution in [0, 0.1) is 0 Å². The Morgan fingerprint density at radius 3 is 2.64 bits per heavy atom. The van der Waals surface area contributed by atoms with Crippen LogP contribution in [0.25, 0.3) is 6.08 Å².